The molecule has 0 fully saturated rings. The second kappa shape index (κ2) is 6.49. The van der Waals surface area contributed by atoms with Crippen LogP contribution in [0.25, 0.3) is 0 Å². The molecule has 0 bridgehead atoms. The standard InChI is InChI=1S/C15H12BrFN2O2/c1-9(19-21)10-3-2-4-12(7-10)18-15(20)11-5-6-13(16)14(17)8-11/h2-8,21H,1H3,(H,18,20). The van der Waals surface area contributed by atoms with E-state index in [2.05, 4.69) is 26.4 Å². The lowest BCUT2D eigenvalue weighted by Gasteiger charge is -2.07. The predicted molar refractivity (Wildman–Crippen MR) is 82.5 cm³/mol. The number of hydrogen-bond acceptors (Lipinski definition) is 3. The molecule has 2 aromatic carbocycles. The third kappa shape index (κ3) is 3.66. The molecule has 2 aromatic rings. The summed E-state index contributed by atoms with van der Waals surface area (Å²) in [6.07, 6.45) is 0. The Hall–Kier alpha value is -2.21. The Labute approximate surface area is 129 Å². The van der Waals surface area contributed by atoms with Gasteiger partial charge in [-0.25, -0.2) is 4.39 Å². The van der Waals surface area contributed by atoms with E-state index in [4.69, 9.17) is 5.21 Å². The Kier molecular flexibility index (Phi) is 4.70. The van der Waals surface area contributed by atoms with Gasteiger partial charge < -0.3 is 10.5 Å². The lowest BCUT2D eigenvalue weighted by atomic mass is 10.1. The molecule has 0 saturated carbocycles. The van der Waals surface area contributed by atoms with Crippen LogP contribution in [0, 0.1) is 5.82 Å². The topological polar surface area (TPSA) is 61.7 Å². The highest BCUT2D eigenvalue weighted by Crippen LogP contribution is 2.18. The molecule has 21 heavy (non-hydrogen) atoms. The van der Waals surface area contributed by atoms with Crippen LogP contribution in [0.2, 0.25) is 0 Å². The number of oxime groups is 1. The molecular formula is C15H12BrFN2O2. The number of nitrogens with one attached hydrogen (secondary N) is 1. The van der Waals surface area contributed by atoms with E-state index in [1.807, 2.05) is 0 Å². The van der Waals surface area contributed by atoms with E-state index < -0.39 is 11.7 Å². The second-order valence-corrected chi connectivity index (χ2v) is 5.20. The third-order valence-corrected chi connectivity index (χ3v) is 3.51. The molecule has 0 aliphatic heterocycles. The van der Waals surface area contributed by atoms with Gasteiger partial charge in [0.05, 0.1) is 10.2 Å². The van der Waals surface area contributed by atoms with Gasteiger partial charge in [0.15, 0.2) is 0 Å². The number of anilines is 1. The van der Waals surface area contributed by atoms with Gasteiger partial charge in [0.25, 0.3) is 5.91 Å². The Morgan fingerprint density at radius 2 is 2.00 bits per heavy atom. The van der Waals surface area contributed by atoms with E-state index in [0.717, 1.165) is 6.07 Å². The number of rotatable bonds is 3. The van der Waals surface area contributed by atoms with Crippen LogP contribution in [-0.4, -0.2) is 16.8 Å². The summed E-state index contributed by atoms with van der Waals surface area (Å²) in [5.74, 6) is -0.920. The first-order valence-electron chi connectivity index (χ1n) is 6.07. The Bertz CT molecular complexity index is 717. The summed E-state index contributed by atoms with van der Waals surface area (Å²) in [6.45, 7) is 1.64. The maximum Gasteiger partial charge on any atom is 0.255 e. The molecule has 0 radical (unpaired) electrons. The number of halogens is 2. The van der Waals surface area contributed by atoms with Crippen molar-refractivity contribution < 1.29 is 14.4 Å². The van der Waals surface area contributed by atoms with Crippen molar-refractivity contribution in [1.29, 1.82) is 0 Å². The monoisotopic (exact) mass is 350 g/mol. The zero-order valence-corrected chi connectivity index (χ0v) is 12.7. The average Bonchev–Trinajstić information content (AvgIpc) is 2.49. The minimum absolute atomic E-state index is 0.216. The average molecular weight is 351 g/mol. The fourth-order valence-corrected chi connectivity index (χ4v) is 1.97. The van der Waals surface area contributed by atoms with Crippen LogP contribution in [0.4, 0.5) is 10.1 Å². The SMILES string of the molecule is CC(=NO)c1cccc(NC(=O)c2ccc(Br)c(F)c2)c1. The Morgan fingerprint density at radius 3 is 2.67 bits per heavy atom. The molecule has 0 aliphatic carbocycles. The molecule has 0 saturated heterocycles. The molecular weight excluding hydrogens is 339 g/mol. The van der Waals surface area contributed by atoms with Gasteiger partial charge in [-0.3, -0.25) is 4.79 Å². The van der Waals surface area contributed by atoms with Gasteiger partial charge >= 0.3 is 0 Å². The van der Waals surface area contributed by atoms with Crippen molar-refractivity contribution in [2.24, 2.45) is 5.16 Å². The van der Waals surface area contributed by atoms with E-state index in [9.17, 15) is 9.18 Å². The molecule has 1 amide bonds. The molecule has 2 rings (SSSR count). The molecule has 0 spiro atoms. The van der Waals surface area contributed by atoms with E-state index in [1.54, 1.807) is 31.2 Å². The summed E-state index contributed by atoms with van der Waals surface area (Å²) < 4.78 is 13.7. The normalized spacial score (nSPS) is 11.3. The third-order valence-electron chi connectivity index (χ3n) is 2.87. The maximum absolute atomic E-state index is 13.4. The van der Waals surface area contributed by atoms with Crippen molar-refractivity contribution >= 4 is 33.2 Å². The number of benzene rings is 2. The largest absolute Gasteiger partial charge is 0.411 e. The summed E-state index contributed by atoms with van der Waals surface area (Å²) in [5.41, 5.74) is 1.86. The molecule has 0 heterocycles. The Morgan fingerprint density at radius 1 is 1.24 bits per heavy atom. The second-order valence-electron chi connectivity index (χ2n) is 4.35. The number of nitrogens with zero attached hydrogens (tertiary/aromatic N) is 1. The fraction of sp³-hybridized carbons (Fsp3) is 0.0667. The predicted octanol–water partition coefficient (Wildman–Crippen LogP) is 4.04. The lowest BCUT2D eigenvalue weighted by Crippen LogP contribution is -2.12. The molecule has 0 unspecified atom stereocenters. The van der Waals surface area contributed by atoms with Gasteiger partial charge in [0.2, 0.25) is 0 Å². The van der Waals surface area contributed by atoms with Gasteiger partial charge in [-0.1, -0.05) is 17.3 Å². The highest BCUT2D eigenvalue weighted by atomic mass is 79.9. The Balaban J connectivity index is 2.21. The van der Waals surface area contributed by atoms with Crippen LogP contribution in [0.5, 0.6) is 0 Å². The van der Waals surface area contributed by atoms with Gasteiger partial charge in [0, 0.05) is 16.8 Å². The van der Waals surface area contributed by atoms with Crippen molar-refractivity contribution in [3.63, 3.8) is 0 Å². The van der Waals surface area contributed by atoms with Gasteiger partial charge in [-0.05, 0) is 53.2 Å². The summed E-state index contributed by atoms with van der Waals surface area (Å²) in [7, 11) is 0. The smallest absolute Gasteiger partial charge is 0.255 e. The van der Waals surface area contributed by atoms with Gasteiger partial charge in [-0.2, -0.15) is 0 Å². The first kappa shape index (κ1) is 15.2. The van der Waals surface area contributed by atoms with Crippen LogP contribution < -0.4 is 5.32 Å². The minimum atomic E-state index is -0.500. The summed E-state index contributed by atoms with van der Waals surface area (Å²) >= 11 is 3.04. The van der Waals surface area contributed by atoms with Gasteiger partial charge in [0.1, 0.15) is 5.82 Å². The quantitative estimate of drug-likeness (QED) is 0.498. The van der Waals surface area contributed by atoms with E-state index in [1.165, 1.54) is 12.1 Å². The summed E-state index contributed by atoms with van der Waals surface area (Å²) in [6, 6.07) is 11.0. The zero-order chi connectivity index (χ0) is 15.4. The van der Waals surface area contributed by atoms with E-state index in [-0.39, 0.29) is 5.56 Å². The van der Waals surface area contributed by atoms with Crippen molar-refractivity contribution in [2.75, 3.05) is 5.32 Å². The highest BCUT2D eigenvalue weighted by Gasteiger charge is 2.09. The number of carbonyl (C=O) groups excluding carboxylic acids is 1. The van der Waals surface area contributed by atoms with Gasteiger partial charge in [-0.15, -0.1) is 0 Å². The van der Waals surface area contributed by atoms with E-state index in [0.29, 0.717) is 21.4 Å². The summed E-state index contributed by atoms with van der Waals surface area (Å²) in [4.78, 5) is 12.1. The zero-order valence-electron chi connectivity index (χ0n) is 11.1. The van der Waals surface area contributed by atoms with Crippen LogP contribution in [0.1, 0.15) is 22.8 Å². The molecule has 2 N–H and O–H groups in total. The minimum Gasteiger partial charge on any atom is -0.411 e. The molecule has 4 nitrogen and oxygen atoms in total. The molecule has 0 aromatic heterocycles. The fourth-order valence-electron chi connectivity index (χ4n) is 1.72. The van der Waals surface area contributed by atoms with E-state index >= 15 is 0 Å². The van der Waals surface area contributed by atoms with Crippen LogP contribution >= 0.6 is 15.9 Å². The highest BCUT2D eigenvalue weighted by molar-refractivity contribution is 9.10. The van der Waals surface area contributed by atoms with Crippen LogP contribution in [0.3, 0.4) is 0 Å². The van der Waals surface area contributed by atoms with Crippen molar-refractivity contribution in [3.8, 4) is 0 Å². The molecule has 0 aliphatic rings. The first-order chi connectivity index (χ1) is 10.0. The van der Waals surface area contributed by atoms with Crippen molar-refractivity contribution in [2.45, 2.75) is 6.92 Å². The number of carbonyl (C=O) groups is 1. The lowest BCUT2D eigenvalue weighted by molar-refractivity contribution is 0.102. The molecule has 6 heteroatoms. The number of hydrogen-bond donors (Lipinski definition) is 2. The van der Waals surface area contributed by atoms with Crippen LogP contribution in [0.15, 0.2) is 52.1 Å². The van der Waals surface area contributed by atoms with Crippen molar-refractivity contribution in [3.05, 3.63) is 63.9 Å². The maximum atomic E-state index is 13.4. The van der Waals surface area contributed by atoms with Crippen LogP contribution in [-0.2, 0) is 0 Å². The number of amides is 1. The summed E-state index contributed by atoms with van der Waals surface area (Å²) in [5, 5.41) is 14.5. The molecule has 0 atom stereocenters. The van der Waals surface area contributed by atoms with Crippen molar-refractivity contribution in [1.82, 2.24) is 0 Å². The first-order valence-corrected chi connectivity index (χ1v) is 6.86. The molecule has 108 valence electrons.